The maximum atomic E-state index is 11.6. The zero-order valence-corrected chi connectivity index (χ0v) is 12.2. The Morgan fingerprint density at radius 2 is 2.10 bits per heavy atom. The Balaban J connectivity index is 2.27. The highest BCUT2D eigenvalue weighted by Crippen LogP contribution is 2.41. The van der Waals surface area contributed by atoms with Crippen molar-refractivity contribution < 1.29 is 24.1 Å². The van der Waals surface area contributed by atoms with E-state index in [9.17, 15) is 9.90 Å². The first-order valence-corrected chi connectivity index (χ1v) is 6.66. The van der Waals surface area contributed by atoms with Gasteiger partial charge in [0.1, 0.15) is 12.4 Å². The topological polar surface area (TPSA) is 65.0 Å². The average molecular weight is 280 g/mol. The molecule has 0 aliphatic carbocycles. The molecule has 5 heteroatoms. The van der Waals surface area contributed by atoms with E-state index in [0.717, 1.165) is 5.56 Å². The molecule has 0 amide bonds. The molecule has 1 unspecified atom stereocenters. The van der Waals surface area contributed by atoms with Crippen LogP contribution in [0.5, 0.6) is 17.2 Å². The van der Waals surface area contributed by atoms with Gasteiger partial charge in [-0.15, -0.1) is 0 Å². The molecule has 0 radical (unpaired) electrons. The summed E-state index contributed by atoms with van der Waals surface area (Å²) in [5, 5.41) is 10.1. The second-order valence-corrected chi connectivity index (χ2v) is 5.74. The number of esters is 1. The van der Waals surface area contributed by atoms with Gasteiger partial charge >= 0.3 is 5.97 Å². The lowest BCUT2D eigenvalue weighted by Crippen LogP contribution is -2.38. The van der Waals surface area contributed by atoms with E-state index < -0.39 is 12.1 Å². The third kappa shape index (κ3) is 2.81. The van der Waals surface area contributed by atoms with Gasteiger partial charge in [0.05, 0.1) is 6.61 Å². The second kappa shape index (κ2) is 5.23. The highest BCUT2D eigenvalue weighted by molar-refractivity contribution is 5.76. The standard InChI is InChI=1S/C15H20O5/c1-5-18-14(17)13-8-19-11-6-9(15(2,3)4)10(16)7-12(11)20-13/h6-7,13,16H,5,8H2,1-4H3. The lowest BCUT2D eigenvalue weighted by Gasteiger charge is -2.28. The average Bonchev–Trinajstić information content (AvgIpc) is 2.36. The number of benzene rings is 1. The number of ether oxygens (including phenoxy) is 3. The van der Waals surface area contributed by atoms with Gasteiger partial charge in [-0.2, -0.15) is 0 Å². The second-order valence-electron chi connectivity index (χ2n) is 5.74. The van der Waals surface area contributed by atoms with Crippen LogP contribution in [-0.4, -0.2) is 30.4 Å². The first-order chi connectivity index (χ1) is 9.32. The molecule has 1 aliphatic rings. The van der Waals surface area contributed by atoms with E-state index in [0.29, 0.717) is 18.1 Å². The summed E-state index contributed by atoms with van der Waals surface area (Å²) in [7, 11) is 0. The van der Waals surface area contributed by atoms with Crippen LogP contribution in [0.3, 0.4) is 0 Å². The van der Waals surface area contributed by atoms with E-state index in [4.69, 9.17) is 14.2 Å². The monoisotopic (exact) mass is 280 g/mol. The lowest BCUT2D eigenvalue weighted by atomic mass is 9.86. The van der Waals surface area contributed by atoms with Crippen LogP contribution < -0.4 is 9.47 Å². The summed E-state index contributed by atoms with van der Waals surface area (Å²) in [4.78, 5) is 11.6. The largest absolute Gasteiger partial charge is 0.508 e. The van der Waals surface area contributed by atoms with Gasteiger partial charge in [-0.05, 0) is 18.4 Å². The van der Waals surface area contributed by atoms with Gasteiger partial charge in [-0.25, -0.2) is 4.79 Å². The highest BCUT2D eigenvalue weighted by atomic mass is 16.6. The van der Waals surface area contributed by atoms with Crippen molar-refractivity contribution in [1.82, 2.24) is 0 Å². The predicted octanol–water partition coefficient (Wildman–Crippen LogP) is 2.39. The zero-order valence-electron chi connectivity index (χ0n) is 12.2. The van der Waals surface area contributed by atoms with E-state index in [1.165, 1.54) is 6.07 Å². The molecule has 0 bridgehead atoms. The van der Waals surface area contributed by atoms with Crippen molar-refractivity contribution in [3.63, 3.8) is 0 Å². The number of phenolic OH excluding ortho intramolecular Hbond substituents is 1. The van der Waals surface area contributed by atoms with Crippen LogP contribution in [0.2, 0.25) is 0 Å². The lowest BCUT2D eigenvalue weighted by molar-refractivity contribution is -0.153. The highest BCUT2D eigenvalue weighted by Gasteiger charge is 2.31. The molecule has 1 aliphatic heterocycles. The SMILES string of the molecule is CCOC(=O)C1COc2cc(C(C)(C)C)c(O)cc2O1. The molecule has 1 aromatic carbocycles. The molecule has 1 heterocycles. The molecular formula is C15H20O5. The molecule has 0 spiro atoms. The summed E-state index contributed by atoms with van der Waals surface area (Å²) in [6.45, 7) is 8.13. The van der Waals surface area contributed by atoms with Crippen LogP contribution in [0.4, 0.5) is 0 Å². The number of fused-ring (bicyclic) bond motifs is 1. The quantitative estimate of drug-likeness (QED) is 0.843. The normalized spacial score (nSPS) is 17.7. The fourth-order valence-corrected chi connectivity index (χ4v) is 2.06. The van der Waals surface area contributed by atoms with Crippen molar-refractivity contribution in [1.29, 1.82) is 0 Å². The molecule has 0 aromatic heterocycles. The maximum absolute atomic E-state index is 11.6. The van der Waals surface area contributed by atoms with Gasteiger partial charge in [0.15, 0.2) is 11.5 Å². The molecule has 20 heavy (non-hydrogen) atoms. The fourth-order valence-electron chi connectivity index (χ4n) is 2.06. The number of carbonyl (C=O) groups excluding carboxylic acids is 1. The first-order valence-electron chi connectivity index (χ1n) is 6.66. The van der Waals surface area contributed by atoms with Gasteiger partial charge < -0.3 is 19.3 Å². The summed E-state index contributed by atoms with van der Waals surface area (Å²) in [6, 6.07) is 3.24. The predicted molar refractivity (Wildman–Crippen MR) is 73.4 cm³/mol. The zero-order chi connectivity index (χ0) is 14.9. The van der Waals surface area contributed by atoms with Crippen LogP contribution in [0.15, 0.2) is 12.1 Å². The number of aromatic hydroxyl groups is 1. The Morgan fingerprint density at radius 1 is 1.40 bits per heavy atom. The Bertz CT molecular complexity index is 516. The Morgan fingerprint density at radius 3 is 2.70 bits per heavy atom. The third-order valence-electron chi connectivity index (χ3n) is 3.08. The fraction of sp³-hybridized carbons (Fsp3) is 0.533. The Labute approximate surface area is 118 Å². The van der Waals surface area contributed by atoms with Gasteiger partial charge in [0, 0.05) is 11.6 Å². The van der Waals surface area contributed by atoms with Crippen molar-refractivity contribution >= 4 is 5.97 Å². The molecule has 1 atom stereocenters. The van der Waals surface area contributed by atoms with Gasteiger partial charge in [-0.1, -0.05) is 20.8 Å². The Hall–Kier alpha value is -1.91. The minimum Gasteiger partial charge on any atom is -0.508 e. The van der Waals surface area contributed by atoms with Crippen LogP contribution >= 0.6 is 0 Å². The van der Waals surface area contributed by atoms with Gasteiger partial charge in [0.2, 0.25) is 6.10 Å². The van der Waals surface area contributed by atoms with E-state index >= 15 is 0 Å². The van der Waals surface area contributed by atoms with Crippen molar-refractivity contribution in [2.75, 3.05) is 13.2 Å². The summed E-state index contributed by atoms with van der Waals surface area (Å²) in [5.74, 6) is 0.565. The number of phenols is 1. The van der Waals surface area contributed by atoms with Crippen molar-refractivity contribution in [3.05, 3.63) is 17.7 Å². The molecular weight excluding hydrogens is 260 g/mol. The maximum Gasteiger partial charge on any atom is 0.350 e. The minimum absolute atomic E-state index is 0.111. The number of hydrogen-bond acceptors (Lipinski definition) is 5. The van der Waals surface area contributed by atoms with Crippen molar-refractivity contribution in [2.24, 2.45) is 0 Å². The van der Waals surface area contributed by atoms with Crippen molar-refractivity contribution in [3.8, 4) is 17.2 Å². The van der Waals surface area contributed by atoms with Crippen LogP contribution in [-0.2, 0) is 14.9 Å². The number of carbonyl (C=O) groups is 1. The van der Waals surface area contributed by atoms with E-state index in [-0.39, 0.29) is 17.8 Å². The van der Waals surface area contributed by atoms with Gasteiger partial charge in [-0.3, -0.25) is 0 Å². The summed E-state index contributed by atoms with van der Waals surface area (Å²) < 4.78 is 16.0. The number of rotatable bonds is 2. The molecule has 0 fully saturated rings. The van der Waals surface area contributed by atoms with Crippen LogP contribution in [0.1, 0.15) is 33.3 Å². The third-order valence-corrected chi connectivity index (χ3v) is 3.08. The Kier molecular flexibility index (Phi) is 3.79. The van der Waals surface area contributed by atoms with Crippen LogP contribution in [0, 0.1) is 0 Å². The molecule has 0 saturated heterocycles. The molecule has 5 nitrogen and oxygen atoms in total. The van der Waals surface area contributed by atoms with Crippen LogP contribution in [0.25, 0.3) is 0 Å². The van der Waals surface area contributed by atoms with Crippen molar-refractivity contribution in [2.45, 2.75) is 39.2 Å². The molecule has 0 saturated carbocycles. The first kappa shape index (κ1) is 14.5. The molecule has 1 aromatic rings. The smallest absolute Gasteiger partial charge is 0.350 e. The number of hydrogen-bond donors (Lipinski definition) is 1. The minimum atomic E-state index is -0.790. The summed E-state index contributed by atoms with van der Waals surface area (Å²) >= 11 is 0. The van der Waals surface area contributed by atoms with E-state index in [1.54, 1.807) is 13.0 Å². The molecule has 1 N–H and O–H groups in total. The van der Waals surface area contributed by atoms with E-state index in [2.05, 4.69) is 0 Å². The summed E-state index contributed by atoms with van der Waals surface area (Å²) in [6.07, 6.45) is -0.790. The van der Waals surface area contributed by atoms with E-state index in [1.807, 2.05) is 20.8 Å². The summed E-state index contributed by atoms with van der Waals surface area (Å²) in [5.41, 5.74) is 0.565. The molecule has 2 rings (SSSR count). The van der Waals surface area contributed by atoms with Gasteiger partial charge in [0.25, 0.3) is 0 Å². The molecule has 110 valence electrons.